The number of nitrogens with zero attached hydrogens (tertiary/aromatic N) is 1. The average Bonchev–Trinajstić information content (AvgIpc) is 2.42. The summed E-state index contributed by atoms with van der Waals surface area (Å²) in [6.07, 6.45) is -4.03. The summed E-state index contributed by atoms with van der Waals surface area (Å²) in [5.74, 6) is -1.09. The molecule has 0 atom stereocenters. The van der Waals surface area contributed by atoms with E-state index in [-0.39, 0.29) is 17.1 Å². The van der Waals surface area contributed by atoms with Crippen LogP contribution < -0.4 is 0 Å². The fraction of sp³-hybridized carbons (Fsp3) is 0.143. The van der Waals surface area contributed by atoms with Gasteiger partial charge in [-0.1, -0.05) is 17.7 Å². The Hall–Kier alpha value is -1.95. The Kier molecular flexibility index (Phi) is 4.27. The van der Waals surface area contributed by atoms with Crippen LogP contribution in [0.3, 0.4) is 0 Å². The maximum absolute atomic E-state index is 13.0. The minimum absolute atomic E-state index is 0.0940. The molecule has 0 radical (unpaired) electrons. The molecule has 1 aromatic carbocycles. The molecule has 0 aliphatic heterocycles. The van der Waals surface area contributed by atoms with Gasteiger partial charge in [0.15, 0.2) is 5.78 Å². The Morgan fingerprint density at radius 3 is 2.43 bits per heavy atom. The number of benzene rings is 1. The number of pyridine rings is 1. The van der Waals surface area contributed by atoms with Crippen molar-refractivity contribution in [2.24, 2.45) is 0 Å². The van der Waals surface area contributed by atoms with Crippen molar-refractivity contribution in [3.05, 3.63) is 64.2 Å². The van der Waals surface area contributed by atoms with E-state index in [0.717, 1.165) is 18.2 Å². The third-order valence-electron chi connectivity index (χ3n) is 2.73. The molecule has 0 amide bonds. The summed E-state index contributed by atoms with van der Waals surface area (Å²) in [6.45, 7) is 0. The van der Waals surface area contributed by atoms with Crippen LogP contribution in [-0.4, -0.2) is 10.8 Å². The Morgan fingerprint density at radius 1 is 1.19 bits per heavy atom. The number of Topliss-reactive ketones (excluding diaryl/α,β-unsaturated/α-hetero) is 1. The van der Waals surface area contributed by atoms with Crippen LogP contribution in [0.2, 0.25) is 5.02 Å². The number of carbonyl (C=O) groups is 1. The predicted molar refractivity (Wildman–Crippen MR) is 68.7 cm³/mol. The molecule has 0 bridgehead atoms. The van der Waals surface area contributed by atoms with Crippen LogP contribution in [-0.2, 0) is 12.6 Å². The standard InChI is InChI=1S/C14H8ClF4NO/c15-10-5-8(1-3-11(10)16)6-13(21)12-4-2-9(7-20-12)14(17,18)19/h1-5,7H,6H2. The molecule has 2 nitrogen and oxygen atoms in total. The van der Waals surface area contributed by atoms with Gasteiger partial charge in [0.2, 0.25) is 0 Å². The van der Waals surface area contributed by atoms with E-state index in [0.29, 0.717) is 11.8 Å². The molecular weight excluding hydrogens is 310 g/mol. The monoisotopic (exact) mass is 317 g/mol. The van der Waals surface area contributed by atoms with Crippen molar-refractivity contribution in [1.29, 1.82) is 0 Å². The Balaban J connectivity index is 2.15. The second-order valence-electron chi connectivity index (χ2n) is 4.28. The lowest BCUT2D eigenvalue weighted by Gasteiger charge is -2.06. The number of hydrogen-bond donors (Lipinski definition) is 0. The highest BCUT2D eigenvalue weighted by molar-refractivity contribution is 6.30. The first kappa shape index (κ1) is 15.4. The summed E-state index contributed by atoms with van der Waals surface area (Å²) in [4.78, 5) is 15.4. The minimum atomic E-state index is -4.50. The lowest BCUT2D eigenvalue weighted by atomic mass is 10.1. The van der Waals surface area contributed by atoms with E-state index in [1.807, 2.05) is 0 Å². The smallest absolute Gasteiger partial charge is 0.292 e. The molecule has 0 spiro atoms. The summed E-state index contributed by atoms with van der Waals surface area (Å²) in [5, 5.41) is -0.124. The van der Waals surface area contributed by atoms with Crippen LogP contribution in [0.4, 0.5) is 17.6 Å². The summed E-state index contributed by atoms with van der Waals surface area (Å²) < 4.78 is 50.1. The molecule has 2 rings (SSSR count). The first-order valence-electron chi connectivity index (χ1n) is 5.78. The van der Waals surface area contributed by atoms with Gasteiger partial charge in [-0.05, 0) is 29.8 Å². The van der Waals surface area contributed by atoms with Crippen LogP contribution in [0, 0.1) is 5.82 Å². The molecule has 7 heteroatoms. The molecule has 1 heterocycles. The number of halogens is 5. The molecule has 1 aromatic heterocycles. The highest BCUT2D eigenvalue weighted by Crippen LogP contribution is 2.28. The van der Waals surface area contributed by atoms with Gasteiger partial charge < -0.3 is 0 Å². The molecular formula is C14H8ClF4NO. The van der Waals surface area contributed by atoms with E-state index < -0.39 is 23.3 Å². The first-order chi connectivity index (χ1) is 9.77. The molecule has 0 fully saturated rings. The highest BCUT2D eigenvalue weighted by atomic mass is 35.5. The molecule has 2 aromatic rings. The summed E-state index contributed by atoms with van der Waals surface area (Å²) >= 11 is 5.59. The van der Waals surface area contributed by atoms with Crippen LogP contribution >= 0.6 is 11.6 Å². The van der Waals surface area contributed by atoms with Gasteiger partial charge >= 0.3 is 6.18 Å². The zero-order valence-electron chi connectivity index (χ0n) is 10.4. The maximum Gasteiger partial charge on any atom is 0.417 e. The van der Waals surface area contributed by atoms with Crippen molar-refractivity contribution < 1.29 is 22.4 Å². The van der Waals surface area contributed by atoms with Gasteiger partial charge in [0.05, 0.1) is 10.6 Å². The SMILES string of the molecule is O=C(Cc1ccc(F)c(Cl)c1)c1ccc(C(F)(F)F)cn1. The third kappa shape index (κ3) is 3.78. The lowest BCUT2D eigenvalue weighted by molar-refractivity contribution is -0.137. The fourth-order valence-corrected chi connectivity index (χ4v) is 1.86. The number of hydrogen-bond acceptors (Lipinski definition) is 2. The van der Waals surface area contributed by atoms with Crippen molar-refractivity contribution in [3.8, 4) is 0 Å². The molecule has 0 unspecified atom stereocenters. The van der Waals surface area contributed by atoms with Gasteiger partial charge in [-0.3, -0.25) is 9.78 Å². The first-order valence-corrected chi connectivity index (χ1v) is 6.15. The van der Waals surface area contributed by atoms with Gasteiger partial charge in [0.25, 0.3) is 0 Å². The van der Waals surface area contributed by atoms with Crippen LogP contribution in [0.1, 0.15) is 21.6 Å². The van der Waals surface area contributed by atoms with Crippen molar-refractivity contribution in [3.63, 3.8) is 0 Å². The summed E-state index contributed by atoms with van der Waals surface area (Å²) in [5.41, 5.74) is -0.569. The number of aromatic nitrogens is 1. The van der Waals surface area contributed by atoms with Crippen molar-refractivity contribution >= 4 is 17.4 Å². The predicted octanol–water partition coefficient (Wildman–Crippen LogP) is 4.32. The number of rotatable bonds is 3. The van der Waals surface area contributed by atoms with Gasteiger partial charge in [-0.25, -0.2) is 4.39 Å². The van der Waals surface area contributed by atoms with Gasteiger partial charge in [0.1, 0.15) is 11.5 Å². The molecule has 0 aliphatic carbocycles. The second-order valence-corrected chi connectivity index (χ2v) is 4.69. The number of carbonyl (C=O) groups excluding carboxylic acids is 1. The highest BCUT2D eigenvalue weighted by Gasteiger charge is 2.30. The summed E-state index contributed by atoms with van der Waals surface area (Å²) in [6, 6.07) is 5.58. The van der Waals surface area contributed by atoms with Gasteiger partial charge in [0, 0.05) is 12.6 Å². The van der Waals surface area contributed by atoms with Gasteiger partial charge in [-0.15, -0.1) is 0 Å². The topological polar surface area (TPSA) is 30.0 Å². The molecule has 0 N–H and O–H groups in total. The van der Waals surface area contributed by atoms with Crippen LogP contribution in [0.25, 0.3) is 0 Å². The summed E-state index contributed by atoms with van der Waals surface area (Å²) in [7, 11) is 0. The molecule has 0 aliphatic rings. The Morgan fingerprint density at radius 2 is 1.90 bits per heavy atom. The Bertz CT molecular complexity index is 668. The van der Waals surface area contributed by atoms with E-state index in [4.69, 9.17) is 11.6 Å². The van der Waals surface area contributed by atoms with Crippen molar-refractivity contribution in [1.82, 2.24) is 4.98 Å². The van der Waals surface area contributed by atoms with E-state index in [1.54, 1.807) is 0 Å². The van der Waals surface area contributed by atoms with Crippen LogP contribution in [0.15, 0.2) is 36.5 Å². The van der Waals surface area contributed by atoms with E-state index in [2.05, 4.69) is 4.98 Å². The van der Waals surface area contributed by atoms with Crippen LogP contribution in [0.5, 0.6) is 0 Å². The van der Waals surface area contributed by atoms with E-state index >= 15 is 0 Å². The second kappa shape index (κ2) is 5.81. The maximum atomic E-state index is 13.0. The number of alkyl halides is 3. The van der Waals surface area contributed by atoms with Gasteiger partial charge in [-0.2, -0.15) is 13.2 Å². The van der Waals surface area contributed by atoms with E-state index in [9.17, 15) is 22.4 Å². The largest absolute Gasteiger partial charge is 0.417 e. The minimum Gasteiger partial charge on any atom is -0.292 e. The Labute approximate surface area is 122 Å². The quantitative estimate of drug-likeness (QED) is 0.623. The third-order valence-corrected chi connectivity index (χ3v) is 3.01. The number of ketones is 1. The van der Waals surface area contributed by atoms with Crippen molar-refractivity contribution in [2.75, 3.05) is 0 Å². The van der Waals surface area contributed by atoms with E-state index in [1.165, 1.54) is 12.1 Å². The lowest BCUT2D eigenvalue weighted by Crippen LogP contribution is -2.09. The fourth-order valence-electron chi connectivity index (χ4n) is 1.65. The zero-order valence-corrected chi connectivity index (χ0v) is 11.2. The molecule has 0 saturated heterocycles. The molecule has 21 heavy (non-hydrogen) atoms. The van der Waals surface area contributed by atoms with Crippen molar-refractivity contribution in [2.45, 2.75) is 12.6 Å². The normalized spacial score (nSPS) is 11.5. The molecule has 110 valence electrons. The molecule has 0 saturated carbocycles. The zero-order chi connectivity index (χ0) is 15.6. The average molecular weight is 318 g/mol.